The van der Waals surface area contributed by atoms with Gasteiger partial charge in [-0.3, -0.25) is 4.79 Å². The summed E-state index contributed by atoms with van der Waals surface area (Å²) in [4.78, 5) is 13.6. The van der Waals surface area contributed by atoms with E-state index in [2.05, 4.69) is 0 Å². The molecule has 0 unspecified atom stereocenters. The normalized spacial score (nSPS) is 21.9. The van der Waals surface area contributed by atoms with E-state index in [9.17, 15) is 18.7 Å². The minimum Gasteiger partial charge on any atom is -0.393 e. The molecule has 1 aliphatic carbocycles. The van der Waals surface area contributed by atoms with E-state index in [1.54, 1.807) is 17.0 Å². The van der Waals surface area contributed by atoms with Gasteiger partial charge in [-0.15, -0.1) is 11.6 Å². The third kappa shape index (κ3) is 4.17. The predicted octanol–water partition coefficient (Wildman–Crippen LogP) is 3.28. The summed E-state index contributed by atoms with van der Waals surface area (Å²) in [6, 6.07) is 5.98. The highest BCUT2D eigenvalue weighted by atomic mass is 35.5. The fourth-order valence-corrected chi connectivity index (χ4v) is 3.01. The molecule has 0 radical (unpaired) electrons. The molecule has 22 heavy (non-hydrogen) atoms. The number of nitrogens with zero attached hydrogens (tertiary/aromatic N) is 1. The van der Waals surface area contributed by atoms with E-state index in [1.807, 2.05) is 0 Å². The molecule has 0 bridgehead atoms. The van der Waals surface area contributed by atoms with Crippen molar-refractivity contribution in [3.63, 3.8) is 0 Å². The quantitative estimate of drug-likeness (QED) is 0.841. The van der Waals surface area contributed by atoms with Gasteiger partial charge in [0.1, 0.15) is 5.88 Å². The smallest absolute Gasteiger partial charge is 0.270 e. The van der Waals surface area contributed by atoms with Crippen LogP contribution in [0.4, 0.5) is 8.78 Å². The first-order valence-corrected chi connectivity index (χ1v) is 7.85. The fraction of sp³-hybridized carbons (Fsp3) is 0.562. The average molecular weight is 332 g/mol. The van der Waals surface area contributed by atoms with E-state index >= 15 is 0 Å². The van der Waals surface area contributed by atoms with Crippen LogP contribution in [-0.4, -0.2) is 33.9 Å². The molecule has 1 saturated carbocycles. The monoisotopic (exact) mass is 331 g/mol. The molecule has 0 saturated heterocycles. The molecule has 0 aliphatic heterocycles. The molecule has 3 nitrogen and oxygen atoms in total. The number of aliphatic hydroxyl groups is 1. The number of hydrogen-bond donors (Lipinski definition) is 1. The lowest BCUT2D eigenvalue weighted by Crippen LogP contribution is -2.39. The zero-order chi connectivity index (χ0) is 16.3. The number of aliphatic hydroxyl groups excluding tert-OH is 1. The van der Waals surface area contributed by atoms with Crippen LogP contribution < -0.4 is 0 Å². The van der Waals surface area contributed by atoms with Crippen molar-refractivity contribution in [2.75, 3.05) is 5.88 Å². The Morgan fingerprint density at radius 2 is 2.18 bits per heavy atom. The number of hydrogen-bond acceptors (Lipinski definition) is 2. The van der Waals surface area contributed by atoms with Crippen LogP contribution in [0.5, 0.6) is 0 Å². The third-order valence-corrected chi connectivity index (χ3v) is 4.27. The first kappa shape index (κ1) is 17.2. The Morgan fingerprint density at radius 3 is 2.73 bits per heavy atom. The molecule has 6 heteroatoms. The van der Waals surface area contributed by atoms with Crippen LogP contribution in [0.15, 0.2) is 24.3 Å². The summed E-state index contributed by atoms with van der Waals surface area (Å²) >= 11 is 5.66. The Labute approximate surface area is 133 Å². The lowest BCUT2D eigenvalue weighted by molar-refractivity contribution is -0.131. The van der Waals surface area contributed by atoms with Gasteiger partial charge in [0.15, 0.2) is 0 Å². The first-order chi connectivity index (χ1) is 10.3. The van der Waals surface area contributed by atoms with Gasteiger partial charge >= 0.3 is 0 Å². The lowest BCUT2D eigenvalue weighted by atomic mass is 10.1. The van der Waals surface area contributed by atoms with E-state index in [1.165, 1.54) is 12.1 Å². The highest BCUT2D eigenvalue weighted by Crippen LogP contribution is 2.29. The van der Waals surface area contributed by atoms with Crippen LogP contribution in [0.1, 0.15) is 37.3 Å². The Bertz CT molecular complexity index is 533. The van der Waals surface area contributed by atoms with Gasteiger partial charge in [0.25, 0.3) is 5.92 Å². The third-order valence-electron chi connectivity index (χ3n) is 4.04. The molecule has 1 fully saturated rings. The van der Waals surface area contributed by atoms with Crippen LogP contribution in [0.2, 0.25) is 0 Å². The van der Waals surface area contributed by atoms with Crippen LogP contribution >= 0.6 is 11.6 Å². The van der Waals surface area contributed by atoms with Crippen LogP contribution in [-0.2, 0) is 17.3 Å². The SMILES string of the molecule is CC(F)(F)c1cccc(CN(C(=O)CCl)[C@@H]2CC[C@@H](O)C2)c1. The molecule has 1 amide bonds. The zero-order valence-corrected chi connectivity index (χ0v) is 13.2. The van der Waals surface area contributed by atoms with Crippen LogP contribution in [0.3, 0.4) is 0 Å². The van der Waals surface area contributed by atoms with Crippen molar-refractivity contribution >= 4 is 17.5 Å². The highest BCUT2D eigenvalue weighted by molar-refractivity contribution is 6.27. The second-order valence-electron chi connectivity index (χ2n) is 5.86. The minimum atomic E-state index is -2.92. The van der Waals surface area contributed by atoms with Crippen molar-refractivity contribution in [2.24, 2.45) is 0 Å². The Morgan fingerprint density at radius 1 is 1.45 bits per heavy atom. The maximum Gasteiger partial charge on any atom is 0.270 e. The van der Waals surface area contributed by atoms with E-state index in [-0.39, 0.29) is 29.9 Å². The lowest BCUT2D eigenvalue weighted by Gasteiger charge is -2.29. The standard InChI is InChI=1S/C16H20ClF2NO2/c1-16(18,19)12-4-2-3-11(7-12)10-20(15(22)9-17)13-5-6-14(21)8-13/h2-4,7,13-14,21H,5-6,8-10H2,1H3/t13-,14-/m1/s1. The number of benzene rings is 1. The van der Waals surface area contributed by atoms with E-state index in [4.69, 9.17) is 11.6 Å². The van der Waals surface area contributed by atoms with Gasteiger partial charge in [-0.05, 0) is 30.9 Å². The first-order valence-electron chi connectivity index (χ1n) is 7.32. The maximum absolute atomic E-state index is 13.4. The van der Waals surface area contributed by atoms with Crippen molar-refractivity contribution in [1.29, 1.82) is 0 Å². The van der Waals surface area contributed by atoms with E-state index in [0.717, 1.165) is 6.92 Å². The second-order valence-corrected chi connectivity index (χ2v) is 6.13. The van der Waals surface area contributed by atoms with Crippen LogP contribution in [0.25, 0.3) is 0 Å². The number of alkyl halides is 3. The molecular formula is C16H20ClF2NO2. The predicted molar refractivity (Wildman–Crippen MR) is 80.9 cm³/mol. The highest BCUT2D eigenvalue weighted by Gasteiger charge is 2.31. The Hall–Kier alpha value is -1.20. The van der Waals surface area contributed by atoms with Crippen molar-refractivity contribution in [3.8, 4) is 0 Å². The van der Waals surface area contributed by atoms with Crippen molar-refractivity contribution < 1.29 is 18.7 Å². The molecular weight excluding hydrogens is 312 g/mol. The van der Waals surface area contributed by atoms with Crippen LogP contribution in [0, 0.1) is 0 Å². The molecule has 1 N–H and O–H groups in total. The van der Waals surface area contributed by atoms with Gasteiger partial charge < -0.3 is 10.0 Å². The molecule has 0 heterocycles. The molecule has 1 aromatic rings. The largest absolute Gasteiger partial charge is 0.393 e. The summed E-state index contributed by atoms with van der Waals surface area (Å²) < 4.78 is 26.8. The Kier molecular flexibility index (Phi) is 5.40. The molecule has 2 rings (SSSR count). The minimum absolute atomic E-state index is 0.0743. The molecule has 1 aliphatic rings. The average Bonchev–Trinajstić information content (AvgIpc) is 2.89. The number of rotatable bonds is 5. The van der Waals surface area contributed by atoms with Gasteiger partial charge in [-0.25, -0.2) is 8.78 Å². The van der Waals surface area contributed by atoms with Gasteiger partial charge in [0.2, 0.25) is 5.91 Å². The molecule has 1 aromatic carbocycles. The maximum atomic E-state index is 13.4. The van der Waals surface area contributed by atoms with Gasteiger partial charge in [0, 0.05) is 25.1 Å². The summed E-state index contributed by atoms with van der Waals surface area (Å²) in [6.07, 6.45) is 1.44. The number of halogens is 3. The Balaban J connectivity index is 2.18. The molecule has 122 valence electrons. The van der Waals surface area contributed by atoms with E-state index in [0.29, 0.717) is 24.8 Å². The van der Waals surface area contributed by atoms with E-state index < -0.39 is 12.0 Å². The summed E-state index contributed by atoms with van der Waals surface area (Å²) in [7, 11) is 0. The fourth-order valence-electron chi connectivity index (χ4n) is 2.85. The van der Waals surface area contributed by atoms with Gasteiger partial charge in [0.05, 0.1) is 6.10 Å². The number of amides is 1. The molecule has 0 spiro atoms. The topological polar surface area (TPSA) is 40.5 Å². The van der Waals surface area contributed by atoms with Crippen molar-refractivity contribution in [3.05, 3.63) is 35.4 Å². The second kappa shape index (κ2) is 6.92. The summed E-state index contributed by atoms with van der Waals surface area (Å²) in [5, 5.41) is 9.65. The van der Waals surface area contributed by atoms with Crippen molar-refractivity contribution in [1.82, 2.24) is 4.90 Å². The van der Waals surface area contributed by atoms with Gasteiger partial charge in [-0.2, -0.15) is 0 Å². The summed E-state index contributed by atoms with van der Waals surface area (Å²) in [6.45, 7) is 1.08. The summed E-state index contributed by atoms with van der Waals surface area (Å²) in [5.74, 6) is -3.31. The number of carbonyl (C=O) groups is 1. The summed E-state index contributed by atoms with van der Waals surface area (Å²) in [5.41, 5.74) is 0.564. The zero-order valence-electron chi connectivity index (χ0n) is 12.4. The molecule has 2 atom stereocenters. The molecule has 0 aromatic heterocycles. The van der Waals surface area contributed by atoms with Gasteiger partial charge in [-0.1, -0.05) is 18.2 Å². The number of carbonyl (C=O) groups excluding carboxylic acids is 1. The van der Waals surface area contributed by atoms with Crippen molar-refractivity contribution in [2.45, 2.75) is 50.8 Å².